The lowest BCUT2D eigenvalue weighted by atomic mass is 9.36. The molecule has 0 atom stereocenters. The van der Waals surface area contributed by atoms with Crippen molar-refractivity contribution in [3.63, 3.8) is 0 Å². The first kappa shape index (κ1) is 13.2. The lowest BCUT2D eigenvalue weighted by Crippen LogP contribution is -2.55. The molecule has 0 saturated heterocycles. The molecule has 100 valence electrons. The Hall–Kier alpha value is -1.45. The molecule has 0 unspecified atom stereocenters. The Labute approximate surface area is 137 Å². The standard InChI is InChI=1S/C18H12BBrS/c20-14-10-11-16-18(12-14)21-17-9-5-4-8-15(17)19(16)13-6-2-1-3-7-13/h1-12H. The molecular formula is C18H12BBrS. The van der Waals surface area contributed by atoms with Crippen LogP contribution in [0, 0.1) is 0 Å². The van der Waals surface area contributed by atoms with E-state index >= 15 is 0 Å². The Balaban J connectivity index is 1.97. The Morgan fingerprint density at radius 1 is 0.714 bits per heavy atom. The summed E-state index contributed by atoms with van der Waals surface area (Å²) in [5.41, 5.74) is 4.16. The Morgan fingerprint density at radius 3 is 2.29 bits per heavy atom. The van der Waals surface area contributed by atoms with Gasteiger partial charge in [-0.05, 0) is 18.2 Å². The third-order valence-electron chi connectivity index (χ3n) is 3.87. The summed E-state index contributed by atoms with van der Waals surface area (Å²) in [4.78, 5) is 2.70. The van der Waals surface area contributed by atoms with Crippen molar-refractivity contribution in [3.8, 4) is 0 Å². The van der Waals surface area contributed by atoms with Gasteiger partial charge in [0.15, 0.2) is 0 Å². The summed E-state index contributed by atoms with van der Waals surface area (Å²) >= 11 is 5.46. The summed E-state index contributed by atoms with van der Waals surface area (Å²) in [6.45, 7) is 0.326. The van der Waals surface area contributed by atoms with E-state index in [-0.39, 0.29) is 0 Å². The van der Waals surface area contributed by atoms with Gasteiger partial charge in [0.1, 0.15) is 0 Å². The van der Waals surface area contributed by atoms with Gasteiger partial charge in [-0.2, -0.15) is 0 Å². The van der Waals surface area contributed by atoms with Crippen LogP contribution in [0.1, 0.15) is 0 Å². The van der Waals surface area contributed by atoms with Gasteiger partial charge in [-0.25, -0.2) is 0 Å². The quantitative estimate of drug-likeness (QED) is 0.474. The second-order valence-electron chi connectivity index (χ2n) is 5.17. The van der Waals surface area contributed by atoms with Gasteiger partial charge < -0.3 is 0 Å². The van der Waals surface area contributed by atoms with Gasteiger partial charge in [-0.3, -0.25) is 0 Å². The number of hydrogen-bond acceptors (Lipinski definition) is 1. The zero-order valence-corrected chi connectivity index (χ0v) is 13.7. The molecule has 3 aromatic carbocycles. The van der Waals surface area contributed by atoms with Crippen molar-refractivity contribution < 1.29 is 0 Å². The molecule has 0 spiro atoms. The van der Waals surface area contributed by atoms with E-state index < -0.39 is 0 Å². The number of hydrogen-bond donors (Lipinski definition) is 0. The highest BCUT2D eigenvalue weighted by Crippen LogP contribution is 2.31. The number of rotatable bonds is 1. The fourth-order valence-corrected chi connectivity index (χ4v) is 4.63. The van der Waals surface area contributed by atoms with Crippen molar-refractivity contribution >= 4 is 50.8 Å². The van der Waals surface area contributed by atoms with Crippen molar-refractivity contribution in [2.75, 3.05) is 0 Å². The predicted octanol–water partition coefficient (Wildman–Crippen LogP) is 3.43. The Kier molecular flexibility index (Phi) is 3.40. The van der Waals surface area contributed by atoms with E-state index in [1.165, 1.54) is 26.2 Å². The molecule has 0 aromatic heterocycles. The normalized spacial score (nSPS) is 12.7. The van der Waals surface area contributed by atoms with E-state index in [9.17, 15) is 0 Å². The molecule has 0 amide bonds. The van der Waals surface area contributed by atoms with Crippen molar-refractivity contribution in [3.05, 3.63) is 77.3 Å². The van der Waals surface area contributed by atoms with E-state index in [4.69, 9.17) is 0 Å². The average molecular weight is 351 g/mol. The van der Waals surface area contributed by atoms with Crippen LogP contribution in [0.15, 0.2) is 87.1 Å². The minimum Gasteiger partial charge on any atom is -0.0911 e. The molecule has 1 aliphatic rings. The first-order valence-corrected chi connectivity index (χ1v) is 8.55. The zero-order valence-electron chi connectivity index (χ0n) is 11.3. The molecule has 4 rings (SSSR count). The lowest BCUT2D eigenvalue weighted by Gasteiger charge is -2.26. The molecule has 0 radical (unpaired) electrons. The lowest BCUT2D eigenvalue weighted by molar-refractivity contribution is 1.42. The maximum absolute atomic E-state index is 3.59. The summed E-state index contributed by atoms with van der Waals surface area (Å²) in [6, 6.07) is 26.1. The van der Waals surface area contributed by atoms with Gasteiger partial charge in [0.05, 0.1) is 0 Å². The summed E-state index contributed by atoms with van der Waals surface area (Å²) in [5.74, 6) is 0. The van der Waals surface area contributed by atoms with Crippen LogP contribution in [0.3, 0.4) is 0 Å². The molecule has 3 aromatic rings. The fraction of sp³-hybridized carbons (Fsp3) is 0. The third kappa shape index (κ3) is 2.35. The van der Waals surface area contributed by atoms with Gasteiger partial charge in [-0.15, -0.1) is 0 Å². The van der Waals surface area contributed by atoms with Crippen molar-refractivity contribution in [2.24, 2.45) is 0 Å². The number of benzene rings is 3. The van der Waals surface area contributed by atoms with E-state index in [0.717, 1.165) is 4.47 Å². The van der Waals surface area contributed by atoms with Crippen LogP contribution in [0.2, 0.25) is 0 Å². The van der Waals surface area contributed by atoms with Crippen LogP contribution in [0.25, 0.3) is 0 Å². The maximum Gasteiger partial charge on any atom is 0.244 e. The summed E-state index contributed by atoms with van der Waals surface area (Å²) in [6.07, 6.45) is 0. The highest BCUT2D eigenvalue weighted by molar-refractivity contribution is 9.10. The Bertz CT molecular complexity index is 801. The molecule has 21 heavy (non-hydrogen) atoms. The van der Waals surface area contributed by atoms with Gasteiger partial charge >= 0.3 is 0 Å². The molecule has 0 aliphatic carbocycles. The first-order valence-electron chi connectivity index (χ1n) is 6.94. The maximum atomic E-state index is 3.59. The van der Waals surface area contributed by atoms with Crippen molar-refractivity contribution in [1.29, 1.82) is 0 Å². The van der Waals surface area contributed by atoms with Crippen molar-refractivity contribution in [2.45, 2.75) is 9.79 Å². The minimum absolute atomic E-state index is 0.326. The summed E-state index contributed by atoms with van der Waals surface area (Å²) < 4.78 is 1.14. The molecule has 3 heteroatoms. The molecule has 1 heterocycles. The largest absolute Gasteiger partial charge is 0.244 e. The molecule has 1 aliphatic heterocycles. The second-order valence-corrected chi connectivity index (χ2v) is 7.17. The first-order chi connectivity index (χ1) is 10.3. The van der Waals surface area contributed by atoms with Gasteiger partial charge in [-0.1, -0.05) is 98.7 Å². The van der Waals surface area contributed by atoms with Crippen LogP contribution in [-0.2, 0) is 0 Å². The number of fused-ring (bicyclic) bond motifs is 2. The highest BCUT2D eigenvalue weighted by atomic mass is 79.9. The molecule has 0 saturated carbocycles. The van der Waals surface area contributed by atoms with Gasteiger partial charge in [0.2, 0.25) is 6.71 Å². The second kappa shape index (κ2) is 5.40. The molecule has 0 fully saturated rings. The minimum atomic E-state index is 0.326. The number of halogens is 1. The molecule has 0 nitrogen and oxygen atoms in total. The van der Waals surface area contributed by atoms with Crippen LogP contribution >= 0.6 is 27.7 Å². The smallest absolute Gasteiger partial charge is 0.0911 e. The van der Waals surface area contributed by atoms with Gasteiger partial charge in [0, 0.05) is 14.3 Å². The van der Waals surface area contributed by atoms with Crippen LogP contribution in [0.4, 0.5) is 0 Å². The third-order valence-corrected chi connectivity index (χ3v) is 5.53. The monoisotopic (exact) mass is 350 g/mol. The molecular weight excluding hydrogens is 339 g/mol. The summed E-state index contributed by atoms with van der Waals surface area (Å²) in [7, 11) is 0. The van der Waals surface area contributed by atoms with E-state index in [1.54, 1.807) is 0 Å². The van der Waals surface area contributed by atoms with Gasteiger partial charge in [0.25, 0.3) is 0 Å². The van der Waals surface area contributed by atoms with Crippen molar-refractivity contribution in [1.82, 2.24) is 0 Å². The summed E-state index contributed by atoms with van der Waals surface area (Å²) in [5, 5.41) is 0. The Morgan fingerprint density at radius 2 is 1.43 bits per heavy atom. The SMILES string of the molecule is Brc1ccc2c(c1)Sc1ccccc1B2c1ccccc1. The average Bonchev–Trinajstić information content (AvgIpc) is 2.53. The van der Waals surface area contributed by atoms with Crippen LogP contribution in [-0.4, -0.2) is 6.71 Å². The zero-order chi connectivity index (χ0) is 14.2. The van der Waals surface area contributed by atoms with Crippen LogP contribution < -0.4 is 16.4 Å². The highest BCUT2D eigenvalue weighted by Gasteiger charge is 2.30. The van der Waals surface area contributed by atoms with Crippen LogP contribution in [0.5, 0.6) is 0 Å². The molecule has 0 N–H and O–H groups in total. The van der Waals surface area contributed by atoms with E-state index in [2.05, 4.69) is 88.7 Å². The fourth-order valence-electron chi connectivity index (χ4n) is 2.94. The van der Waals surface area contributed by atoms with E-state index in [1.807, 2.05) is 11.8 Å². The topological polar surface area (TPSA) is 0 Å². The molecule has 0 bridgehead atoms. The predicted molar refractivity (Wildman–Crippen MR) is 95.8 cm³/mol. The van der Waals surface area contributed by atoms with E-state index in [0.29, 0.717) is 6.71 Å².